The van der Waals surface area contributed by atoms with Gasteiger partial charge < -0.3 is 20.5 Å². The number of ether oxygens (including phenoxy) is 1. The van der Waals surface area contributed by atoms with Crippen LogP contribution in [0.3, 0.4) is 0 Å². The van der Waals surface area contributed by atoms with E-state index in [2.05, 4.69) is 10.6 Å². The van der Waals surface area contributed by atoms with E-state index in [0.717, 1.165) is 18.4 Å². The Morgan fingerprint density at radius 3 is 2.52 bits per heavy atom. The molecule has 2 rings (SSSR count). The summed E-state index contributed by atoms with van der Waals surface area (Å²) in [5.41, 5.74) is 0.889. The fourth-order valence-electron chi connectivity index (χ4n) is 2.93. The normalized spacial score (nSPS) is 17.3. The highest BCUT2D eigenvalue weighted by molar-refractivity contribution is 5.74. The fraction of sp³-hybridized carbons (Fsp3) is 0.611. The first kappa shape index (κ1) is 17.8. The first-order chi connectivity index (χ1) is 11.3. The maximum absolute atomic E-state index is 11.9. The van der Waals surface area contributed by atoms with Crippen molar-refractivity contribution >= 4 is 6.03 Å². The van der Waals surface area contributed by atoms with E-state index in [0.29, 0.717) is 19.3 Å². The monoisotopic (exact) mass is 320 g/mol. The summed E-state index contributed by atoms with van der Waals surface area (Å²) in [5, 5.41) is 15.0. The zero-order valence-corrected chi connectivity index (χ0v) is 13.7. The van der Waals surface area contributed by atoms with Gasteiger partial charge in [0.2, 0.25) is 0 Å². The summed E-state index contributed by atoms with van der Waals surface area (Å²) in [6.07, 6.45) is 7.71. The molecule has 0 saturated heterocycles. The summed E-state index contributed by atoms with van der Waals surface area (Å²) in [6.45, 7) is 0.887. The summed E-state index contributed by atoms with van der Waals surface area (Å²) in [7, 11) is 0. The Labute approximate surface area is 138 Å². The molecule has 0 aromatic heterocycles. The Bertz CT molecular complexity index is 445. The molecule has 5 heteroatoms. The summed E-state index contributed by atoms with van der Waals surface area (Å²) >= 11 is 0. The van der Waals surface area contributed by atoms with Crippen LogP contribution < -0.4 is 10.6 Å². The number of carbonyl (C=O) groups excluding carboxylic acids is 1. The Morgan fingerprint density at radius 2 is 1.87 bits per heavy atom. The van der Waals surface area contributed by atoms with Gasteiger partial charge in [0, 0.05) is 6.54 Å². The molecule has 5 nitrogen and oxygen atoms in total. The quantitative estimate of drug-likeness (QED) is 0.534. The molecule has 1 saturated carbocycles. The van der Waals surface area contributed by atoms with E-state index in [-0.39, 0.29) is 18.7 Å². The lowest BCUT2D eigenvalue weighted by Gasteiger charge is -2.18. The molecule has 0 radical (unpaired) electrons. The Morgan fingerprint density at radius 1 is 1.17 bits per heavy atom. The standard InChI is InChI=1S/C18H28N2O3/c21-14-17(15-8-4-3-5-9-15)20-18(22)19-12-13-23-16-10-6-1-2-7-11-16/h3-5,8-9,16-17,21H,1-2,6-7,10-14H2,(H2,19,20,22)/t17-/m1/s1. The topological polar surface area (TPSA) is 70.6 Å². The highest BCUT2D eigenvalue weighted by Gasteiger charge is 2.14. The largest absolute Gasteiger partial charge is 0.394 e. The first-order valence-electron chi connectivity index (χ1n) is 8.61. The van der Waals surface area contributed by atoms with E-state index in [1.807, 2.05) is 30.3 Å². The minimum Gasteiger partial charge on any atom is -0.394 e. The van der Waals surface area contributed by atoms with Crippen LogP contribution in [0, 0.1) is 0 Å². The second-order valence-electron chi connectivity index (χ2n) is 6.03. The van der Waals surface area contributed by atoms with Crippen molar-refractivity contribution in [2.45, 2.75) is 50.7 Å². The number of aliphatic hydroxyl groups is 1. The van der Waals surface area contributed by atoms with Crippen molar-refractivity contribution in [3.8, 4) is 0 Å². The maximum atomic E-state index is 11.9. The van der Waals surface area contributed by atoms with E-state index in [1.54, 1.807) is 0 Å². The van der Waals surface area contributed by atoms with Crippen LogP contribution in [-0.4, -0.2) is 37.0 Å². The second kappa shape index (κ2) is 10.2. The minimum atomic E-state index is -0.390. The van der Waals surface area contributed by atoms with E-state index in [9.17, 15) is 9.90 Å². The van der Waals surface area contributed by atoms with Crippen molar-refractivity contribution in [2.24, 2.45) is 0 Å². The lowest BCUT2D eigenvalue weighted by molar-refractivity contribution is 0.0460. The molecule has 0 spiro atoms. The predicted octanol–water partition coefficient (Wildman–Crippen LogP) is 2.76. The third-order valence-corrected chi connectivity index (χ3v) is 4.23. The highest BCUT2D eigenvalue weighted by atomic mass is 16.5. The zero-order chi connectivity index (χ0) is 16.3. The van der Waals surface area contributed by atoms with Gasteiger partial charge in [-0.05, 0) is 18.4 Å². The van der Waals surface area contributed by atoms with Crippen LogP contribution in [-0.2, 0) is 4.74 Å². The number of rotatable bonds is 7. The number of benzene rings is 1. The van der Waals surface area contributed by atoms with Crippen molar-refractivity contribution in [1.82, 2.24) is 10.6 Å². The van der Waals surface area contributed by atoms with Crippen molar-refractivity contribution in [1.29, 1.82) is 0 Å². The van der Waals surface area contributed by atoms with Crippen LogP contribution in [0.4, 0.5) is 4.79 Å². The third-order valence-electron chi connectivity index (χ3n) is 4.23. The van der Waals surface area contributed by atoms with Crippen molar-refractivity contribution in [2.75, 3.05) is 19.8 Å². The molecule has 3 N–H and O–H groups in total. The van der Waals surface area contributed by atoms with Crippen LogP contribution >= 0.6 is 0 Å². The average Bonchev–Trinajstić information content (AvgIpc) is 2.86. The molecule has 0 aliphatic heterocycles. The number of nitrogens with one attached hydrogen (secondary N) is 2. The number of hydrogen-bond acceptors (Lipinski definition) is 3. The van der Waals surface area contributed by atoms with E-state index in [4.69, 9.17) is 4.74 Å². The molecule has 1 aromatic rings. The molecular weight excluding hydrogens is 292 g/mol. The molecule has 1 aliphatic carbocycles. The van der Waals surface area contributed by atoms with E-state index >= 15 is 0 Å². The number of carbonyl (C=O) groups is 1. The number of urea groups is 1. The Hall–Kier alpha value is -1.59. The van der Waals surface area contributed by atoms with Crippen LogP contribution in [0.1, 0.15) is 50.1 Å². The SMILES string of the molecule is O=C(NCCOC1CCCCCC1)N[C@H](CO)c1ccccc1. The van der Waals surface area contributed by atoms with Gasteiger partial charge in [-0.1, -0.05) is 56.0 Å². The Balaban J connectivity index is 1.64. The van der Waals surface area contributed by atoms with Gasteiger partial charge in [-0.25, -0.2) is 4.79 Å². The van der Waals surface area contributed by atoms with Gasteiger partial charge in [0.1, 0.15) is 0 Å². The van der Waals surface area contributed by atoms with Crippen LogP contribution in [0.15, 0.2) is 30.3 Å². The third kappa shape index (κ3) is 6.59. The smallest absolute Gasteiger partial charge is 0.315 e. The highest BCUT2D eigenvalue weighted by Crippen LogP contribution is 2.19. The maximum Gasteiger partial charge on any atom is 0.315 e. The number of hydrogen-bond donors (Lipinski definition) is 3. The van der Waals surface area contributed by atoms with Crippen LogP contribution in [0.2, 0.25) is 0 Å². The summed E-state index contributed by atoms with van der Waals surface area (Å²) in [5.74, 6) is 0. The molecule has 0 bridgehead atoms. The zero-order valence-electron chi connectivity index (χ0n) is 13.7. The van der Waals surface area contributed by atoms with Gasteiger partial charge in [-0.2, -0.15) is 0 Å². The first-order valence-corrected chi connectivity index (χ1v) is 8.61. The van der Waals surface area contributed by atoms with Crippen LogP contribution in [0.25, 0.3) is 0 Å². The van der Waals surface area contributed by atoms with Crippen molar-refractivity contribution < 1.29 is 14.6 Å². The number of amides is 2. The van der Waals surface area contributed by atoms with E-state index < -0.39 is 0 Å². The van der Waals surface area contributed by atoms with Gasteiger partial charge in [0.25, 0.3) is 0 Å². The molecule has 0 unspecified atom stereocenters. The molecule has 1 aliphatic rings. The summed E-state index contributed by atoms with van der Waals surface area (Å²) in [6, 6.07) is 8.78. The Kier molecular flexibility index (Phi) is 7.90. The van der Waals surface area contributed by atoms with Gasteiger partial charge in [0.15, 0.2) is 0 Å². The molecular formula is C18H28N2O3. The number of aliphatic hydroxyl groups excluding tert-OH is 1. The second-order valence-corrected chi connectivity index (χ2v) is 6.03. The minimum absolute atomic E-state index is 0.129. The van der Waals surface area contributed by atoms with Gasteiger partial charge in [0.05, 0.1) is 25.4 Å². The van der Waals surface area contributed by atoms with E-state index in [1.165, 1.54) is 25.7 Å². The van der Waals surface area contributed by atoms with Gasteiger partial charge in [-0.15, -0.1) is 0 Å². The lowest BCUT2D eigenvalue weighted by Crippen LogP contribution is -2.40. The fourth-order valence-corrected chi connectivity index (χ4v) is 2.93. The molecule has 1 aromatic carbocycles. The summed E-state index contributed by atoms with van der Waals surface area (Å²) in [4.78, 5) is 11.9. The summed E-state index contributed by atoms with van der Waals surface area (Å²) < 4.78 is 5.84. The van der Waals surface area contributed by atoms with Crippen molar-refractivity contribution in [3.05, 3.63) is 35.9 Å². The molecule has 23 heavy (non-hydrogen) atoms. The van der Waals surface area contributed by atoms with Gasteiger partial charge >= 0.3 is 6.03 Å². The molecule has 1 fully saturated rings. The van der Waals surface area contributed by atoms with Gasteiger partial charge in [-0.3, -0.25) is 0 Å². The van der Waals surface area contributed by atoms with Crippen LogP contribution in [0.5, 0.6) is 0 Å². The molecule has 128 valence electrons. The molecule has 0 heterocycles. The van der Waals surface area contributed by atoms with Crippen molar-refractivity contribution in [3.63, 3.8) is 0 Å². The predicted molar refractivity (Wildman–Crippen MR) is 90.2 cm³/mol. The molecule has 1 atom stereocenters. The average molecular weight is 320 g/mol. The lowest BCUT2D eigenvalue weighted by atomic mass is 10.1. The molecule has 2 amide bonds.